The molecule has 1 aromatic carbocycles. The Morgan fingerprint density at radius 3 is 2.71 bits per heavy atom. The van der Waals surface area contributed by atoms with Crippen LogP contribution >= 0.6 is 15.9 Å². The van der Waals surface area contributed by atoms with Crippen molar-refractivity contribution >= 4 is 15.9 Å². The second-order valence-electron chi connectivity index (χ2n) is 4.41. The lowest BCUT2D eigenvalue weighted by Gasteiger charge is -2.16. The molecule has 1 atom stereocenters. The maximum atomic E-state index is 13.1. The summed E-state index contributed by atoms with van der Waals surface area (Å²) in [7, 11) is 0. The van der Waals surface area contributed by atoms with E-state index in [1.54, 1.807) is 0 Å². The fourth-order valence-electron chi connectivity index (χ4n) is 2.03. The highest BCUT2D eigenvalue weighted by molar-refractivity contribution is 9.10. The van der Waals surface area contributed by atoms with Gasteiger partial charge in [0.2, 0.25) is 0 Å². The summed E-state index contributed by atoms with van der Waals surface area (Å²) < 4.78 is 13.7. The average Bonchev–Trinajstić information content (AvgIpc) is 2.31. The Hall–Kier alpha value is -0.410. The summed E-state index contributed by atoms with van der Waals surface area (Å²) in [6.45, 7) is 6.38. The van der Waals surface area contributed by atoms with Crippen LogP contribution in [-0.4, -0.2) is 13.1 Å². The molecule has 1 nitrogen and oxygen atoms in total. The van der Waals surface area contributed by atoms with Crippen molar-refractivity contribution in [3.63, 3.8) is 0 Å². The average molecular weight is 302 g/mol. The van der Waals surface area contributed by atoms with Gasteiger partial charge in [-0.1, -0.05) is 26.3 Å². The van der Waals surface area contributed by atoms with Gasteiger partial charge in [-0.25, -0.2) is 4.39 Å². The first kappa shape index (κ1) is 14.7. The van der Waals surface area contributed by atoms with Crippen LogP contribution in [0.3, 0.4) is 0 Å². The summed E-state index contributed by atoms with van der Waals surface area (Å²) in [5, 5.41) is 3.39. The van der Waals surface area contributed by atoms with Gasteiger partial charge >= 0.3 is 0 Å². The monoisotopic (exact) mass is 301 g/mol. The van der Waals surface area contributed by atoms with Crippen molar-refractivity contribution in [3.8, 4) is 0 Å². The smallest absolute Gasteiger partial charge is 0.137 e. The molecule has 0 bridgehead atoms. The first-order chi connectivity index (χ1) is 8.17. The first-order valence-electron chi connectivity index (χ1n) is 6.32. The maximum absolute atomic E-state index is 13.1. The fourth-order valence-corrected chi connectivity index (χ4v) is 2.46. The summed E-state index contributed by atoms with van der Waals surface area (Å²) in [6, 6.07) is 5.31. The molecule has 1 unspecified atom stereocenters. The van der Waals surface area contributed by atoms with Crippen LogP contribution in [0.4, 0.5) is 4.39 Å². The Morgan fingerprint density at radius 2 is 2.12 bits per heavy atom. The van der Waals surface area contributed by atoms with Gasteiger partial charge in [0.25, 0.3) is 0 Å². The second kappa shape index (κ2) is 7.83. The van der Waals surface area contributed by atoms with Gasteiger partial charge in [0.1, 0.15) is 5.82 Å². The van der Waals surface area contributed by atoms with E-state index in [0.717, 1.165) is 19.5 Å². The molecule has 0 amide bonds. The van der Waals surface area contributed by atoms with E-state index in [0.29, 0.717) is 10.4 Å². The Kier molecular flexibility index (Phi) is 6.75. The summed E-state index contributed by atoms with van der Waals surface area (Å²) in [5.74, 6) is 0.449. The van der Waals surface area contributed by atoms with Crippen LogP contribution < -0.4 is 5.32 Å². The summed E-state index contributed by atoms with van der Waals surface area (Å²) in [6.07, 6.45) is 3.42. The van der Waals surface area contributed by atoms with E-state index in [1.165, 1.54) is 24.5 Å². The van der Waals surface area contributed by atoms with Crippen LogP contribution in [0.1, 0.15) is 32.3 Å². The first-order valence-corrected chi connectivity index (χ1v) is 7.11. The molecule has 3 heteroatoms. The normalized spacial score (nSPS) is 12.7. The zero-order valence-electron chi connectivity index (χ0n) is 10.6. The van der Waals surface area contributed by atoms with Crippen molar-refractivity contribution in [1.29, 1.82) is 0 Å². The quantitative estimate of drug-likeness (QED) is 0.797. The van der Waals surface area contributed by atoms with E-state index in [4.69, 9.17) is 0 Å². The van der Waals surface area contributed by atoms with Gasteiger partial charge in [0, 0.05) is 0 Å². The van der Waals surface area contributed by atoms with Crippen LogP contribution in [0.2, 0.25) is 0 Å². The van der Waals surface area contributed by atoms with Crippen LogP contribution in [-0.2, 0) is 6.42 Å². The lowest BCUT2D eigenvalue weighted by atomic mass is 9.95. The third-order valence-corrected chi connectivity index (χ3v) is 3.50. The Morgan fingerprint density at radius 1 is 1.35 bits per heavy atom. The maximum Gasteiger partial charge on any atom is 0.137 e. The van der Waals surface area contributed by atoms with Crippen molar-refractivity contribution in [2.45, 2.75) is 33.1 Å². The van der Waals surface area contributed by atoms with Crippen molar-refractivity contribution in [1.82, 2.24) is 5.32 Å². The number of rotatable bonds is 7. The highest BCUT2D eigenvalue weighted by Crippen LogP contribution is 2.20. The molecular weight excluding hydrogens is 281 g/mol. The Labute approximate surface area is 112 Å². The molecule has 0 aliphatic carbocycles. The number of hydrogen-bond donors (Lipinski definition) is 1. The molecule has 1 aromatic rings. The van der Waals surface area contributed by atoms with E-state index in [-0.39, 0.29) is 5.82 Å². The molecule has 1 N–H and O–H groups in total. The van der Waals surface area contributed by atoms with Crippen LogP contribution in [0, 0.1) is 11.7 Å². The number of nitrogens with one attached hydrogen (secondary N) is 1. The van der Waals surface area contributed by atoms with Gasteiger partial charge in [0.15, 0.2) is 0 Å². The Bertz CT molecular complexity index is 341. The summed E-state index contributed by atoms with van der Waals surface area (Å²) in [4.78, 5) is 0. The van der Waals surface area contributed by atoms with E-state index >= 15 is 0 Å². The molecule has 0 saturated carbocycles. The van der Waals surface area contributed by atoms with Crippen molar-refractivity contribution < 1.29 is 4.39 Å². The SMILES string of the molecule is CCCC(CNCC)Cc1ccc(F)c(Br)c1. The zero-order chi connectivity index (χ0) is 12.7. The Balaban J connectivity index is 2.61. The van der Waals surface area contributed by atoms with Crippen LogP contribution in [0.5, 0.6) is 0 Å². The van der Waals surface area contributed by atoms with Gasteiger partial charge in [-0.05, 0) is 65.5 Å². The molecule has 17 heavy (non-hydrogen) atoms. The molecule has 0 radical (unpaired) electrons. The number of benzene rings is 1. The van der Waals surface area contributed by atoms with E-state index < -0.39 is 0 Å². The van der Waals surface area contributed by atoms with Crippen molar-refractivity contribution in [2.24, 2.45) is 5.92 Å². The standard InChI is InChI=1S/C14H21BrFN/c1-3-5-12(10-17-4-2)8-11-6-7-14(16)13(15)9-11/h6-7,9,12,17H,3-5,8,10H2,1-2H3. The highest BCUT2D eigenvalue weighted by Gasteiger charge is 2.09. The van der Waals surface area contributed by atoms with E-state index in [1.807, 2.05) is 12.1 Å². The predicted octanol–water partition coefficient (Wildman–Crippen LogP) is 4.16. The zero-order valence-corrected chi connectivity index (χ0v) is 12.2. The van der Waals surface area contributed by atoms with E-state index in [2.05, 4.69) is 35.1 Å². The largest absolute Gasteiger partial charge is 0.317 e. The third-order valence-electron chi connectivity index (χ3n) is 2.89. The van der Waals surface area contributed by atoms with Crippen LogP contribution in [0.15, 0.2) is 22.7 Å². The van der Waals surface area contributed by atoms with Gasteiger partial charge in [-0.2, -0.15) is 0 Å². The molecule has 1 rings (SSSR count). The molecule has 0 spiro atoms. The summed E-state index contributed by atoms with van der Waals surface area (Å²) in [5.41, 5.74) is 1.20. The minimum atomic E-state index is -0.188. The second-order valence-corrected chi connectivity index (χ2v) is 5.27. The molecule has 0 aliphatic heterocycles. The highest BCUT2D eigenvalue weighted by atomic mass is 79.9. The number of halogens is 2. The lowest BCUT2D eigenvalue weighted by Crippen LogP contribution is -2.24. The molecule has 96 valence electrons. The van der Waals surface area contributed by atoms with E-state index in [9.17, 15) is 4.39 Å². The van der Waals surface area contributed by atoms with Crippen LogP contribution in [0.25, 0.3) is 0 Å². The molecule has 0 aromatic heterocycles. The lowest BCUT2D eigenvalue weighted by molar-refractivity contribution is 0.444. The molecule has 0 aliphatic rings. The van der Waals surface area contributed by atoms with Gasteiger partial charge in [-0.15, -0.1) is 0 Å². The van der Waals surface area contributed by atoms with Crippen molar-refractivity contribution in [2.75, 3.05) is 13.1 Å². The van der Waals surface area contributed by atoms with Crippen molar-refractivity contribution in [3.05, 3.63) is 34.1 Å². The van der Waals surface area contributed by atoms with Gasteiger partial charge < -0.3 is 5.32 Å². The fraction of sp³-hybridized carbons (Fsp3) is 0.571. The van der Waals surface area contributed by atoms with Gasteiger partial charge in [-0.3, -0.25) is 0 Å². The van der Waals surface area contributed by atoms with Gasteiger partial charge in [0.05, 0.1) is 4.47 Å². The number of hydrogen-bond acceptors (Lipinski definition) is 1. The minimum absolute atomic E-state index is 0.188. The molecular formula is C14H21BrFN. The minimum Gasteiger partial charge on any atom is -0.317 e. The topological polar surface area (TPSA) is 12.0 Å². The predicted molar refractivity (Wildman–Crippen MR) is 74.7 cm³/mol. The molecule has 0 saturated heterocycles. The molecule has 0 heterocycles. The third kappa shape index (κ3) is 5.17. The summed E-state index contributed by atoms with van der Waals surface area (Å²) >= 11 is 3.24. The molecule has 0 fully saturated rings.